The fourth-order valence-corrected chi connectivity index (χ4v) is 4.84. The van der Waals surface area contributed by atoms with Gasteiger partial charge in [-0.15, -0.1) is 11.6 Å². The minimum absolute atomic E-state index is 0.0807. The number of halogens is 3. The lowest BCUT2D eigenvalue weighted by Gasteiger charge is -2.14. The van der Waals surface area contributed by atoms with Crippen LogP contribution in [-0.2, 0) is 15.7 Å². The van der Waals surface area contributed by atoms with Gasteiger partial charge in [0.05, 0.1) is 38.9 Å². The van der Waals surface area contributed by atoms with Crippen LogP contribution in [0.1, 0.15) is 18.3 Å². The van der Waals surface area contributed by atoms with Gasteiger partial charge in [-0.05, 0) is 28.4 Å². The summed E-state index contributed by atoms with van der Waals surface area (Å²) in [5.41, 5.74) is 1.20. The van der Waals surface area contributed by atoms with Crippen LogP contribution in [0.5, 0.6) is 0 Å². The van der Waals surface area contributed by atoms with Crippen LogP contribution in [0.2, 0.25) is 0 Å². The summed E-state index contributed by atoms with van der Waals surface area (Å²) < 4.78 is 39.0. The van der Waals surface area contributed by atoms with E-state index in [1.807, 2.05) is 4.57 Å². The van der Waals surface area contributed by atoms with Crippen LogP contribution in [0.3, 0.4) is 0 Å². The molecule has 0 saturated carbocycles. The summed E-state index contributed by atoms with van der Waals surface area (Å²) in [4.78, 5) is 4.30. The lowest BCUT2D eigenvalue weighted by molar-refractivity contribution is 0.553. The van der Waals surface area contributed by atoms with Crippen molar-refractivity contribution in [1.82, 2.24) is 9.55 Å². The average molecular weight is 382 g/mol. The van der Waals surface area contributed by atoms with Gasteiger partial charge in [0.2, 0.25) is 0 Å². The quantitative estimate of drug-likeness (QED) is 0.751. The van der Waals surface area contributed by atoms with Crippen molar-refractivity contribution in [2.24, 2.45) is 0 Å². The van der Waals surface area contributed by atoms with Gasteiger partial charge in [-0.25, -0.2) is 17.8 Å². The Bertz CT molecular complexity index is 790. The Hall–Kier alpha value is -0.660. The van der Waals surface area contributed by atoms with Gasteiger partial charge in [-0.3, -0.25) is 0 Å². The van der Waals surface area contributed by atoms with E-state index in [-0.39, 0.29) is 23.4 Å². The second-order valence-electron chi connectivity index (χ2n) is 4.84. The molecule has 1 aromatic heterocycles. The molecule has 0 amide bonds. The average Bonchev–Trinajstić information content (AvgIpc) is 2.90. The van der Waals surface area contributed by atoms with Gasteiger partial charge in [0.1, 0.15) is 11.6 Å². The molecule has 108 valence electrons. The largest absolute Gasteiger partial charge is 0.323 e. The third-order valence-electron chi connectivity index (χ3n) is 3.50. The molecule has 0 aliphatic carbocycles. The fourth-order valence-electron chi connectivity index (χ4n) is 2.62. The first-order valence-corrected chi connectivity index (χ1v) is 9.18. The van der Waals surface area contributed by atoms with Crippen molar-refractivity contribution in [2.75, 3.05) is 11.5 Å². The lowest BCUT2D eigenvalue weighted by atomic mass is 10.2. The molecule has 0 spiro atoms. The Kier molecular flexibility index (Phi) is 3.54. The zero-order valence-electron chi connectivity index (χ0n) is 10.3. The molecule has 1 aliphatic heterocycles. The predicted octanol–water partition coefficient (Wildman–Crippen LogP) is 3.04. The maximum Gasteiger partial charge on any atom is 0.152 e. The molecule has 8 heteroatoms. The second-order valence-corrected chi connectivity index (χ2v) is 8.19. The van der Waals surface area contributed by atoms with Gasteiger partial charge in [-0.1, -0.05) is 0 Å². The molecule has 0 N–H and O–H groups in total. The Morgan fingerprint density at radius 2 is 2.25 bits per heavy atom. The molecule has 1 fully saturated rings. The number of hydrogen-bond acceptors (Lipinski definition) is 3. The lowest BCUT2D eigenvalue weighted by Crippen LogP contribution is -2.13. The molecule has 1 unspecified atom stereocenters. The van der Waals surface area contributed by atoms with Crippen molar-refractivity contribution in [3.05, 3.63) is 28.2 Å². The molecular weight excluding hydrogens is 371 g/mol. The fraction of sp³-hybridized carbons (Fsp3) is 0.417. The van der Waals surface area contributed by atoms with Gasteiger partial charge in [0.15, 0.2) is 9.84 Å². The first-order valence-electron chi connectivity index (χ1n) is 6.03. The van der Waals surface area contributed by atoms with E-state index in [0.717, 1.165) is 0 Å². The minimum atomic E-state index is -3.01. The molecule has 1 saturated heterocycles. The Morgan fingerprint density at radius 1 is 1.50 bits per heavy atom. The maximum atomic E-state index is 13.6. The number of imidazole rings is 1. The zero-order valence-corrected chi connectivity index (χ0v) is 13.5. The van der Waals surface area contributed by atoms with Crippen molar-refractivity contribution in [3.8, 4) is 0 Å². The van der Waals surface area contributed by atoms with Crippen molar-refractivity contribution >= 4 is 48.4 Å². The third kappa shape index (κ3) is 2.35. The normalized spacial score (nSPS) is 21.6. The zero-order chi connectivity index (χ0) is 14.5. The van der Waals surface area contributed by atoms with Gasteiger partial charge in [0, 0.05) is 6.07 Å². The number of sulfone groups is 1. The van der Waals surface area contributed by atoms with Crippen LogP contribution in [0, 0.1) is 5.82 Å². The molecule has 0 radical (unpaired) electrons. The summed E-state index contributed by atoms with van der Waals surface area (Å²) in [7, 11) is -3.01. The molecule has 2 aromatic rings. The van der Waals surface area contributed by atoms with Gasteiger partial charge in [-0.2, -0.15) is 0 Å². The van der Waals surface area contributed by atoms with Gasteiger partial charge < -0.3 is 4.57 Å². The molecule has 3 rings (SSSR count). The van der Waals surface area contributed by atoms with Gasteiger partial charge in [0.25, 0.3) is 0 Å². The van der Waals surface area contributed by atoms with Gasteiger partial charge >= 0.3 is 0 Å². The van der Waals surface area contributed by atoms with Crippen molar-refractivity contribution in [3.63, 3.8) is 0 Å². The standard InChI is InChI=1S/C12H11BrClFN2O2S/c13-8-3-11-10(4-9(8)15)16-12(5-14)17(11)7-1-2-20(18,19)6-7/h3-4,7H,1-2,5-6H2. The highest BCUT2D eigenvalue weighted by atomic mass is 79.9. The number of hydrogen-bond donors (Lipinski definition) is 0. The van der Waals surface area contributed by atoms with E-state index >= 15 is 0 Å². The SMILES string of the molecule is O=S1(=O)CCC(n2c(CCl)nc3cc(F)c(Br)cc32)C1. The first kappa shape index (κ1) is 14.3. The van der Waals surface area contributed by atoms with Crippen molar-refractivity contribution in [2.45, 2.75) is 18.3 Å². The van der Waals surface area contributed by atoms with E-state index < -0.39 is 15.7 Å². The smallest absolute Gasteiger partial charge is 0.152 e. The Labute approximate surface area is 129 Å². The summed E-state index contributed by atoms with van der Waals surface area (Å²) in [6.45, 7) is 0. The third-order valence-corrected chi connectivity index (χ3v) is 6.09. The maximum absolute atomic E-state index is 13.6. The summed E-state index contributed by atoms with van der Waals surface area (Å²) >= 11 is 9.04. The number of fused-ring (bicyclic) bond motifs is 1. The highest BCUT2D eigenvalue weighted by Crippen LogP contribution is 2.32. The van der Waals surface area contributed by atoms with Crippen molar-refractivity contribution in [1.29, 1.82) is 0 Å². The molecule has 20 heavy (non-hydrogen) atoms. The molecule has 0 bridgehead atoms. The molecule has 1 aliphatic rings. The van der Waals surface area contributed by atoms with Crippen LogP contribution in [-0.4, -0.2) is 29.5 Å². The first-order chi connectivity index (χ1) is 9.41. The highest BCUT2D eigenvalue weighted by Gasteiger charge is 2.31. The monoisotopic (exact) mass is 380 g/mol. The summed E-state index contributed by atoms with van der Waals surface area (Å²) in [6, 6.07) is 2.77. The Morgan fingerprint density at radius 3 is 2.85 bits per heavy atom. The molecule has 1 atom stereocenters. The van der Waals surface area contributed by atoms with E-state index in [0.29, 0.717) is 27.8 Å². The summed E-state index contributed by atoms with van der Waals surface area (Å²) in [5, 5.41) is 0. The summed E-state index contributed by atoms with van der Waals surface area (Å²) in [5.74, 6) is 0.576. The highest BCUT2D eigenvalue weighted by molar-refractivity contribution is 9.10. The van der Waals surface area contributed by atoms with Crippen LogP contribution < -0.4 is 0 Å². The second kappa shape index (κ2) is 4.96. The number of rotatable bonds is 2. The Balaban J connectivity index is 2.20. The molecule has 4 nitrogen and oxygen atoms in total. The van der Waals surface area contributed by atoms with Crippen LogP contribution in [0.25, 0.3) is 11.0 Å². The van der Waals surface area contributed by atoms with Crippen LogP contribution in [0.4, 0.5) is 4.39 Å². The van der Waals surface area contributed by atoms with E-state index in [4.69, 9.17) is 11.6 Å². The number of benzene rings is 1. The van der Waals surface area contributed by atoms with E-state index in [1.54, 1.807) is 6.07 Å². The van der Waals surface area contributed by atoms with Crippen LogP contribution in [0.15, 0.2) is 16.6 Å². The van der Waals surface area contributed by atoms with Crippen LogP contribution >= 0.6 is 27.5 Å². The number of aromatic nitrogens is 2. The van der Waals surface area contributed by atoms with E-state index in [9.17, 15) is 12.8 Å². The van der Waals surface area contributed by atoms with E-state index in [2.05, 4.69) is 20.9 Å². The van der Waals surface area contributed by atoms with Crippen molar-refractivity contribution < 1.29 is 12.8 Å². The topological polar surface area (TPSA) is 52.0 Å². The summed E-state index contributed by atoms with van der Waals surface area (Å²) in [6.07, 6.45) is 0.534. The number of nitrogens with zero attached hydrogens (tertiary/aromatic N) is 2. The molecule has 2 heterocycles. The minimum Gasteiger partial charge on any atom is -0.323 e. The van der Waals surface area contributed by atoms with E-state index in [1.165, 1.54) is 6.07 Å². The molecule has 1 aromatic carbocycles. The molecular formula is C12H11BrClFN2O2S. The number of alkyl halides is 1. The predicted molar refractivity (Wildman–Crippen MR) is 79.3 cm³/mol.